The van der Waals surface area contributed by atoms with Crippen LogP contribution >= 0.6 is 0 Å². The van der Waals surface area contributed by atoms with Crippen molar-refractivity contribution in [1.82, 2.24) is 0 Å². The number of hydrogen-bond acceptors (Lipinski definition) is 5. The molecule has 0 aliphatic heterocycles. The number of carbonyl (C=O) groups excluding carboxylic acids is 2. The summed E-state index contributed by atoms with van der Waals surface area (Å²) in [5.74, 6) is 0.393. The van der Waals surface area contributed by atoms with Crippen LogP contribution in [0, 0.1) is 5.92 Å². The Morgan fingerprint density at radius 1 is 0.559 bits per heavy atom. The summed E-state index contributed by atoms with van der Waals surface area (Å²) in [5, 5.41) is 0. The Hall–Kier alpha value is -1.10. The van der Waals surface area contributed by atoms with Crippen molar-refractivity contribution in [2.45, 2.75) is 142 Å². The number of carbonyl (C=O) groups is 2. The second-order valence-electron chi connectivity index (χ2n) is 9.92. The van der Waals surface area contributed by atoms with E-state index >= 15 is 0 Å². The van der Waals surface area contributed by atoms with Gasteiger partial charge in [0, 0.05) is 26.6 Å². The quantitative estimate of drug-likeness (QED) is 0.0915. The first-order chi connectivity index (χ1) is 16.6. The summed E-state index contributed by atoms with van der Waals surface area (Å²) >= 11 is 0. The molecule has 0 fully saturated rings. The van der Waals surface area contributed by atoms with Crippen LogP contribution in [0.3, 0.4) is 0 Å². The average molecular weight is 485 g/mol. The lowest BCUT2D eigenvalue weighted by atomic mass is 10.1. The monoisotopic (exact) mass is 484 g/mol. The van der Waals surface area contributed by atoms with E-state index in [1.54, 1.807) is 7.11 Å². The Morgan fingerprint density at radius 2 is 0.971 bits per heavy atom. The summed E-state index contributed by atoms with van der Waals surface area (Å²) in [4.78, 5) is 23.6. The fraction of sp³-hybridized carbons (Fsp3) is 0.931. The highest BCUT2D eigenvalue weighted by Gasteiger charge is 2.06. The van der Waals surface area contributed by atoms with Crippen LogP contribution in [0.4, 0.5) is 0 Å². The van der Waals surface area contributed by atoms with E-state index in [-0.39, 0.29) is 11.9 Å². The third kappa shape index (κ3) is 25.5. The molecule has 0 saturated carbocycles. The minimum absolute atomic E-state index is 0.0461. The zero-order chi connectivity index (χ0) is 25.1. The van der Waals surface area contributed by atoms with Crippen LogP contribution in [0.5, 0.6) is 0 Å². The predicted molar refractivity (Wildman–Crippen MR) is 141 cm³/mol. The van der Waals surface area contributed by atoms with Crippen LogP contribution in [0.1, 0.15) is 142 Å². The van der Waals surface area contributed by atoms with Gasteiger partial charge in [0.05, 0.1) is 13.2 Å². The van der Waals surface area contributed by atoms with Crippen molar-refractivity contribution in [1.29, 1.82) is 0 Å². The molecule has 34 heavy (non-hydrogen) atoms. The SMILES string of the molecule is CCCCCCCCCCCCOC(=O)CCCCCCCCC(=O)OCCC(C)CCOC. The zero-order valence-electron chi connectivity index (χ0n) is 22.9. The number of rotatable bonds is 26. The Bertz CT molecular complexity index is 452. The van der Waals surface area contributed by atoms with Crippen LogP contribution in [-0.2, 0) is 23.8 Å². The standard InChI is InChI=1S/C29H56O5/c1-4-5-6-7-8-9-10-13-16-19-24-33-28(30)20-17-14-11-12-15-18-21-29(31)34-26-23-27(2)22-25-32-3/h27H,4-26H2,1-3H3. The summed E-state index contributed by atoms with van der Waals surface area (Å²) in [6.07, 6.45) is 22.0. The highest BCUT2D eigenvalue weighted by atomic mass is 16.5. The molecule has 0 rings (SSSR count). The van der Waals surface area contributed by atoms with Crippen molar-refractivity contribution in [3.05, 3.63) is 0 Å². The van der Waals surface area contributed by atoms with Gasteiger partial charge in [-0.25, -0.2) is 0 Å². The highest BCUT2D eigenvalue weighted by molar-refractivity contribution is 5.69. The van der Waals surface area contributed by atoms with Crippen molar-refractivity contribution < 1.29 is 23.8 Å². The summed E-state index contributed by atoms with van der Waals surface area (Å²) in [6, 6.07) is 0. The Morgan fingerprint density at radius 3 is 1.47 bits per heavy atom. The molecule has 202 valence electrons. The topological polar surface area (TPSA) is 61.8 Å². The van der Waals surface area contributed by atoms with Gasteiger partial charge in [0.25, 0.3) is 0 Å². The van der Waals surface area contributed by atoms with Crippen molar-refractivity contribution in [2.75, 3.05) is 26.9 Å². The normalized spacial score (nSPS) is 12.0. The molecule has 0 aromatic heterocycles. The summed E-state index contributed by atoms with van der Waals surface area (Å²) in [5.41, 5.74) is 0. The van der Waals surface area contributed by atoms with Gasteiger partial charge in [-0.15, -0.1) is 0 Å². The lowest BCUT2D eigenvalue weighted by Crippen LogP contribution is -2.09. The molecule has 0 heterocycles. The molecule has 0 radical (unpaired) electrons. The van der Waals surface area contributed by atoms with Gasteiger partial charge in [-0.1, -0.05) is 97.3 Å². The highest BCUT2D eigenvalue weighted by Crippen LogP contribution is 2.12. The maximum Gasteiger partial charge on any atom is 0.305 e. The second kappa shape index (κ2) is 26.5. The van der Waals surface area contributed by atoms with Crippen LogP contribution in [-0.4, -0.2) is 38.9 Å². The van der Waals surface area contributed by atoms with E-state index in [9.17, 15) is 9.59 Å². The molecule has 1 atom stereocenters. The van der Waals surface area contributed by atoms with Crippen LogP contribution in [0.25, 0.3) is 0 Å². The molecule has 0 aromatic carbocycles. The van der Waals surface area contributed by atoms with Crippen LogP contribution in [0.15, 0.2) is 0 Å². The van der Waals surface area contributed by atoms with Crippen molar-refractivity contribution >= 4 is 11.9 Å². The lowest BCUT2D eigenvalue weighted by molar-refractivity contribution is -0.145. The van der Waals surface area contributed by atoms with Gasteiger partial charge in [0.15, 0.2) is 0 Å². The zero-order valence-corrected chi connectivity index (χ0v) is 22.9. The number of ether oxygens (including phenoxy) is 3. The number of methoxy groups -OCH3 is 1. The number of unbranched alkanes of at least 4 members (excludes halogenated alkanes) is 14. The molecule has 0 N–H and O–H groups in total. The van der Waals surface area contributed by atoms with Gasteiger partial charge in [0.1, 0.15) is 0 Å². The van der Waals surface area contributed by atoms with E-state index in [2.05, 4.69) is 13.8 Å². The minimum Gasteiger partial charge on any atom is -0.466 e. The van der Waals surface area contributed by atoms with E-state index < -0.39 is 0 Å². The Labute approximate surface area is 211 Å². The minimum atomic E-state index is -0.0795. The van der Waals surface area contributed by atoms with E-state index in [4.69, 9.17) is 14.2 Å². The predicted octanol–water partition coefficient (Wildman–Crippen LogP) is 8.18. The molecule has 1 unspecified atom stereocenters. The second-order valence-corrected chi connectivity index (χ2v) is 9.92. The van der Waals surface area contributed by atoms with E-state index in [1.165, 1.54) is 57.8 Å². The molecule has 0 spiro atoms. The van der Waals surface area contributed by atoms with Crippen molar-refractivity contribution in [3.63, 3.8) is 0 Å². The van der Waals surface area contributed by atoms with E-state index in [1.807, 2.05) is 0 Å². The summed E-state index contributed by atoms with van der Waals surface area (Å²) < 4.78 is 15.7. The lowest BCUT2D eigenvalue weighted by Gasteiger charge is -2.11. The van der Waals surface area contributed by atoms with Crippen molar-refractivity contribution in [2.24, 2.45) is 5.92 Å². The first-order valence-corrected chi connectivity index (χ1v) is 14.4. The smallest absolute Gasteiger partial charge is 0.305 e. The third-order valence-corrected chi connectivity index (χ3v) is 6.46. The molecule has 0 aromatic rings. The largest absolute Gasteiger partial charge is 0.466 e. The Balaban J connectivity index is 3.30. The molecular formula is C29H56O5. The molecule has 0 aliphatic rings. The van der Waals surface area contributed by atoms with Crippen molar-refractivity contribution in [3.8, 4) is 0 Å². The van der Waals surface area contributed by atoms with Crippen LogP contribution in [0.2, 0.25) is 0 Å². The molecule has 0 aliphatic carbocycles. The van der Waals surface area contributed by atoms with E-state index in [0.29, 0.717) is 32.0 Å². The van der Waals surface area contributed by atoms with Gasteiger partial charge in [-0.3, -0.25) is 9.59 Å². The van der Waals surface area contributed by atoms with Gasteiger partial charge >= 0.3 is 11.9 Å². The first kappa shape index (κ1) is 32.9. The number of hydrogen-bond donors (Lipinski definition) is 0. The van der Waals surface area contributed by atoms with E-state index in [0.717, 1.165) is 64.4 Å². The van der Waals surface area contributed by atoms with Gasteiger partial charge in [-0.2, -0.15) is 0 Å². The first-order valence-electron chi connectivity index (χ1n) is 14.4. The van der Waals surface area contributed by atoms with Gasteiger partial charge in [-0.05, 0) is 38.0 Å². The summed E-state index contributed by atoms with van der Waals surface area (Å²) in [6.45, 7) is 6.27. The molecule has 5 heteroatoms. The maximum atomic E-state index is 11.8. The molecule has 5 nitrogen and oxygen atoms in total. The third-order valence-electron chi connectivity index (χ3n) is 6.46. The molecule has 0 saturated heterocycles. The van der Waals surface area contributed by atoms with Gasteiger partial charge < -0.3 is 14.2 Å². The number of esters is 2. The molecule has 0 amide bonds. The maximum absolute atomic E-state index is 11.8. The fourth-order valence-electron chi connectivity index (χ4n) is 4.00. The van der Waals surface area contributed by atoms with Gasteiger partial charge in [0.2, 0.25) is 0 Å². The molecular weight excluding hydrogens is 428 g/mol. The summed E-state index contributed by atoms with van der Waals surface area (Å²) in [7, 11) is 1.71. The fourth-order valence-corrected chi connectivity index (χ4v) is 4.00. The van der Waals surface area contributed by atoms with Crippen LogP contribution < -0.4 is 0 Å². The molecule has 0 bridgehead atoms. The average Bonchev–Trinajstić information content (AvgIpc) is 2.82. The Kier molecular flexibility index (Phi) is 25.6.